The first-order valence-corrected chi connectivity index (χ1v) is 4.07. The highest BCUT2D eigenvalue weighted by atomic mass is 16.5. The molecule has 0 spiro atoms. The van der Waals surface area contributed by atoms with Crippen molar-refractivity contribution in [1.29, 1.82) is 0 Å². The highest BCUT2D eigenvalue weighted by molar-refractivity contribution is 5.71. The second kappa shape index (κ2) is 4.41. The zero-order valence-corrected chi connectivity index (χ0v) is 7.69. The van der Waals surface area contributed by atoms with Crippen LogP contribution in [0.1, 0.15) is 12.5 Å². The second-order valence-corrected chi connectivity index (χ2v) is 2.81. The smallest absolute Gasteiger partial charge is 0.308 e. The Balaban J connectivity index is 2.78. The van der Waals surface area contributed by atoms with Crippen molar-refractivity contribution in [2.45, 2.75) is 13.3 Å². The third-order valence-electron chi connectivity index (χ3n) is 1.52. The van der Waals surface area contributed by atoms with Crippen molar-refractivity contribution >= 4 is 11.9 Å². The van der Waals surface area contributed by atoms with Gasteiger partial charge in [-0.2, -0.15) is 0 Å². The van der Waals surface area contributed by atoms with Gasteiger partial charge in [0.15, 0.2) is 0 Å². The molecular formula is C10H10O4. The van der Waals surface area contributed by atoms with Crippen molar-refractivity contribution in [3.8, 4) is 5.75 Å². The molecule has 0 aliphatic rings. The number of hydrogen-bond donors (Lipinski definition) is 1. The van der Waals surface area contributed by atoms with E-state index < -0.39 is 11.9 Å². The van der Waals surface area contributed by atoms with E-state index in [1.807, 2.05) is 0 Å². The molecular weight excluding hydrogens is 184 g/mol. The van der Waals surface area contributed by atoms with Crippen molar-refractivity contribution in [1.82, 2.24) is 0 Å². The maximum Gasteiger partial charge on any atom is 0.308 e. The lowest BCUT2D eigenvalue weighted by Gasteiger charge is -2.02. The third-order valence-corrected chi connectivity index (χ3v) is 1.52. The van der Waals surface area contributed by atoms with Crippen LogP contribution in [0.15, 0.2) is 24.3 Å². The maximum atomic E-state index is 10.6. The number of esters is 1. The van der Waals surface area contributed by atoms with Crippen LogP contribution in [0.5, 0.6) is 5.75 Å². The molecule has 74 valence electrons. The molecule has 1 rings (SSSR count). The van der Waals surface area contributed by atoms with Crippen LogP contribution in [0, 0.1) is 0 Å². The van der Waals surface area contributed by atoms with Crippen LogP contribution in [0.2, 0.25) is 0 Å². The first-order chi connectivity index (χ1) is 6.58. The summed E-state index contributed by atoms with van der Waals surface area (Å²) < 4.78 is 4.80. The Kier molecular flexibility index (Phi) is 3.23. The number of hydrogen-bond acceptors (Lipinski definition) is 3. The van der Waals surface area contributed by atoms with Crippen molar-refractivity contribution in [2.75, 3.05) is 0 Å². The van der Waals surface area contributed by atoms with Crippen molar-refractivity contribution in [3.63, 3.8) is 0 Å². The average molecular weight is 194 g/mol. The van der Waals surface area contributed by atoms with Crippen molar-refractivity contribution < 1.29 is 19.4 Å². The van der Waals surface area contributed by atoms with Crippen LogP contribution < -0.4 is 4.74 Å². The first-order valence-electron chi connectivity index (χ1n) is 4.07. The summed E-state index contributed by atoms with van der Waals surface area (Å²) in [5, 5.41) is 8.53. The fourth-order valence-corrected chi connectivity index (χ4v) is 1.06. The molecule has 1 aromatic carbocycles. The van der Waals surface area contributed by atoms with Crippen LogP contribution in [-0.4, -0.2) is 17.0 Å². The maximum absolute atomic E-state index is 10.6. The standard InChI is InChI=1S/C10H10O4/c1-7(11)14-9-4-2-3-8(5-9)6-10(12)13/h2-5H,6H2,1H3,(H,12,13). The molecule has 0 bridgehead atoms. The van der Waals surface area contributed by atoms with Crippen molar-refractivity contribution in [3.05, 3.63) is 29.8 Å². The highest BCUT2D eigenvalue weighted by Crippen LogP contribution is 2.13. The number of aliphatic carboxylic acids is 1. The van der Waals surface area contributed by atoms with E-state index in [0.717, 1.165) is 0 Å². The molecule has 1 aromatic rings. The van der Waals surface area contributed by atoms with Crippen LogP contribution in [-0.2, 0) is 16.0 Å². The van der Waals surface area contributed by atoms with Gasteiger partial charge in [0.05, 0.1) is 6.42 Å². The van der Waals surface area contributed by atoms with Crippen LogP contribution in [0.3, 0.4) is 0 Å². The molecule has 0 atom stereocenters. The van der Waals surface area contributed by atoms with Gasteiger partial charge in [-0.3, -0.25) is 9.59 Å². The van der Waals surface area contributed by atoms with E-state index >= 15 is 0 Å². The molecule has 0 aliphatic heterocycles. The molecule has 0 aliphatic carbocycles. The van der Waals surface area contributed by atoms with Gasteiger partial charge in [0.1, 0.15) is 5.75 Å². The fourth-order valence-electron chi connectivity index (χ4n) is 1.06. The summed E-state index contributed by atoms with van der Waals surface area (Å²) in [6, 6.07) is 6.46. The molecule has 0 heterocycles. The highest BCUT2D eigenvalue weighted by Gasteiger charge is 2.03. The third kappa shape index (κ3) is 3.26. The number of benzene rings is 1. The van der Waals surface area contributed by atoms with Crippen LogP contribution in [0.25, 0.3) is 0 Å². The summed E-state index contributed by atoms with van der Waals surface area (Å²) in [6.07, 6.45) is -0.0743. The van der Waals surface area contributed by atoms with Crippen LogP contribution in [0.4, 0.5) is 0 Å². The van der Waals surface area contributed by atoms with Gasteiger partial charge >= 0.3 is 11.9 Å². The van der Waals surface area contributed by atoms with E-state index in [1.54, 1.807) is 18.2 Å². The number of rotatable bonds is 3. The number of carbonyl (C=O) groups excluding carboxylic acids is 1. The summed E-state index contributed by atoms with van der Waals surface area (Å²) in [4.78, 5) is 21.0. The topological polar surface area (TPSA) is 63.6 Å². The van der Waals surface area contributed by atoms with E-state index in [1.165, 1.54) is 13.0 Å². The van der Waals surface area contributed by atoms with Gasteiger partial charge < -0.3 is 9.84 Å². The predicted octanol–water partition coefficient (Wildman–Crippen LogP) is 1.24. The molecule has 0 amide bonds. The van der Waals surface area contributed by atoms with Gasteiger partial charge in [-0.1, -0.05) is 12.1 Å². The minimum absolute atomic E-state index is 0.0743. The molecule has 0 unspecified atom stereocenters. The Hall–Kier alpha value is -1.84. The SMILES string of the molecule is CC(=O)Oc1cccc(CC(=O)O)c1. The molecule has 0 saturated heterocycles. The first kappa shape index (κ1) is 10.2. The molecule has 1 N–H and O–H groups in total. The average Bonchev–Trinajstić information content (AvgIpc) is 2.01. The van der Waals surface area contributed by atoms with Crippen molar-refractivity contribution in [2.24, 2.45) is 0 Å². The van der Waals surface area contributed by atoms with Gasteiger partial charge in [-0.25, -0.2) is 0 Å². The van der Waals surface area contributed by atoms with Gasteiger partial charge in [0, 0.05) is 6.92 Å². The summed E-state index contributed by atoms with van der Waals surface area (Å²) in [6.45, 7) is 1.30. The van der Waals surface area contributed by atoms with E-state index in [-0.39, 0.29) is 6.42 Å². The number of carbonyl (C=O) groups is 2. The lowest BCUT2D eigenvalue weighted by molar-refractivity contribution is -0.136. The molecule has 4 heteroatoms. The Morgan fingerprint density at radius 2 is 2.14 bits per heavy atom. The minimum Gasteiger partial charge on any atom is -0.481 e. The predicted molar refractivity (Wildman–Crippen MR) is 49.1 cm³/mol. The lowest BCUT2D eigenvalue weighted by atomic mass is 10.1. The Morgan fingerprint density at radius 1 is 1.43 bits per heavy atom. The number of ether oxygens (including phenoxy) is 1. The van der Waals surface area contributed by atoms with Crippen LogP contribution >= 0.6 is 0 Å². The molecule has 0 saturated carbocycles. The zero-order chi connectivity index (χ0) is 10.6. The molecule has 0 aromatic heterocycles. The summed E-state index contributed by atoms with van der Waals surface area (Å²) >= 11 is 0. The largest absolute Gasteiger partial charge is 0.481 e. The molecule has 4 nitrogen and oxygen atoms in total. The Morgan fingerprint density at radius 3 is 2.71 bits per heavy atom. The van der Waals surface area contributed by atoms with E-state index in [0.29, 0.717) is 11.3 Å². The van der Waals surface area contributed by atoms with Gasteiger partial charge in [-0.15, -0.1) is 0 Å². The normalized spacial score (nSPS) is 9.50. The van der Waals surface area contributed by atoms with Gasteiger partial charge in [0.2, 0.25) is 0 Å². The Bertz CT molecular complexity index is 326. The molecule has 14 heavy (non-hydrogen) atoms. The number of carboxylic acid groups (broad SMARTS) is 1. The van der Waals surface area contributed by atoms with E-state index in [4.69, 9.17) is 9.84 Å². The monoisotopic (exact) mass is 194 g/mol. The molecule has 0 radical (unpaired) electrons. The second-order valence-electron chi connectivity index (χ2n) is 2.81. The Labute approximate surface area is 81.1 Å². The summed E-state index contributed by atoms with van der Waals surface area (Å²) in [5.41, 5.74) is 0.608. The minimum atomic E-state index is -0.912. The zero-order valence-electron chi connectivity index (χ0n) is 7.69. The summed E-state index contributed by atoms with van der Waals surface area (Å²) in [7, 11) is 0. The number of carboxylic acids is 1. The fraction of sp³-hybridized carbons (Fsp3) is 0.200. The van der Waals surface area contributed by atoms with E-state index in [9.17, 15) is 9.59 Å². The summed E-state index contributed by atoms with van der Waals surface area (Å²) in [5.74, 6) is -0.960. The lowest BCUT2D eigenvalue weighted by Crippen LogP contribution is -2.03. The van der Waals surface area contributed by atoms with E-state index in [2.05, 4.69) is 0 Å². The van der Waals surface area contributed by atoms with Gasteiger partial charge in [0.25, 0.3) is 0 Å². The quantitative estimate of drug-likeness (QED) is 0.580. The van der Waals surface area contributed by atoms with Gasteiger partial charge in [-0.05, 0) is 17.7 Å². The molecule has 0 fully saturated rings.